The zero-order chi connectivity index (χ0) is 17.0. The molecule has 0 amide bonds. The summed E-state index contributed by atoms with van der Waals surface area (Å²) in [7, 11) is -3.49. The van der Waals surface area contributed by atoms with Crippen LogP contribution in [0.4, 0.5) is 0 Å². The molecule has 7 nitrogen and oxygen atoms in total. The van der Waals surface area contributed by atoms with E-state index in [0.29, 0.717) is 6.54 Å². The number of nitrogens with zero attached hydrogens (tertiary/aromatic N) is 4. The number of hydrogen-bond acceptors (Lipinski definition) is 5. The van der Waals surface area contributed by atoms with E-state index in [1.54, 1.807) is 23.3 Å². The first-order valence-electron chi connectivity index (χ1n) is 8.23. The second-order valence-electron chi connectivity index (χ2n) is 6.06. The number of piperidine rings is 1. The molecule has 2 aromatic heterocycles. The van der Waals surface area contributed by atoms with Gasteiger partial charge in [-0.1, -0.05) is 0 Å². The molecule has 2 aromatic rings. The molecule has 24 heavy (non-hydrogen) atoms. The van der Waals surface area contributed by atoms with Crippen LogP contribution < -0.4 is 4.72 Å². The average molecular weight is 349 g/mol. The third kappa shape index (κ3) is 4.19. The summed E-state index contributed by atoms with van der Waals surface area (Å²) in [6, 6.07) is 4.01. The Morgan fingerprint density at radius 2 is 1.96 bits per heavy atom. The molecule has 0 unspecified atom stereocenters. The van der Waals surface area contributed by atoms with Gasteiger partial charge in [-0.25, -0.2) is 13.1 Å². The lowest BCUT2D eigenvalue weighted by Crippen LogP contribution is -2.44. The molecule has 1 fully saturated rings. The molecule has 1 N–H and O–H groups in total. The van der Waals surface area contributed by atoms with E-state index in [-0.39, 0.29) is 10.9 Å². The number of pyridine rings is 1. The van der Waals surface area contributed by atoms with Crippen LogP contribution in [-0.2, 0) is 23.1 Å². The Kier molecular flexibility index (Phi) is 5.27. The molecule has 0 atom stereocenters. The highest BCUT2D eigenvalue weighted by Gasteiger charge is 2.25. The molecule has 0 spiro atoms. The summed E-state index contributed by atoms with van der Waals surface area (Å²) in [5, 5.41) is 4.04. The first-order chi connectivity index (χ1) is 11.6. The largest absolute Gasteiger partial charge is 0.299 e. The van der Waals surface area contributed by atoms with Crippen LogP contribution in [0.25, 0.3) is 0 Å². The van der Waals surface area contributed by atoms with Crippen LogP contribution in [0.2, 0.25) is 0 Å². The van der Waals surface area contributed by atoms with E-state index in [9.17, 15) is 8.42 Å². The van der Waals surface area contributed by atoms with Gasteiger partial charge in [0, 0.05) is 50.8 Å². The van der Waals surface area contributed by atoms with Crippen molar-refractivity contribution in [3.63, 3.8) is 0 Å². The minimum absolute atomic E-state index is 0.0198. The predicted octanol–water partition coefficient (Wildman–Crippen LogP) is 1.24. The maximum atomic E-state index is 12.4. The van der Waals surface area contributed by atoms with Crippen molar-refractivity contribution in [3.05, 3.63) is 42.5 Å². The Hall–Kier alpha value is -1.77. The summed E-state index contributed by atoms with van der Waals surface area (Å²) in [4.78, 5) is 6.61. The van der Waals surface area contributed by atoms with Crippen LogP contribution >= 0.6 is 0 Å². The van der Waals surface area contributed by atoms with E-state index >= 15 is 0 Å². The minimum Gasteiger partial charge on any atom is -0.299 e. The Morgan fingerprint density at radius 1 is 1.25 bits per heavy atom. The Morgan fingerprint density at radius 3 is 2.58 bits per heavy atom. The fourth-order valence-corrected chi connectivity index (χ4v) is 4.16. The molecule has 3 rings (SSSR count). The van der Waals surface area contributed by atoms with Crippen LogP contribution in [-0.4, -0.2) is 47.2 Å². The van der Waals surface area contributed by atoms with Gasteiger partial charge >= 0.3 is 0 Å². The molecular formula is C16H23N5O2S. The van der Waals surface area contributed by atoms with Crippen LogP contribution in [0.1, 0.15) is 25.3 Å². The van der Waals surface area contributed by atoms with Crippen molar-refractivity contribution in [1.29, 1.82) is 0 Å². The summed E-state index contributed by atoms with van der Waals surface area (Å²) in [5.41, 5.74) is 1.23. The Labute approximate surface area is 142 Å². The zero-order valence-corrected chi connectivity index (χ0v) is 14.6. The predicted molar refractivity (Wildman–Crippen MR) is 90.8 cm³/mol. The van der Waals surface area contributed by atoms with Crippen molar-refractivity contribution in [2.75, 3.05) is 13.1 Å². The number of sulfonamides is 1. The van der Waals surface area contributed by atoms with Gasteiger partial charge in [0.1, 0.15) is 4.90 Å². The van der Waals surface area contributed by atoms with Gasteiger partial charge in [0.2, 0.25) is 10.0 Å². The SMILES string of the molecule is CCn1cc(S(=O)(=O)NC2CCN(Cc3ccncc3)CC2)cn1. The standard InChI is InChI=1S/C16H23N5O2S/c1-2-21-13-16(11-18-21)24(22,23)19-15-5-9-20(10-6-15)12-14-3-7-17-8-4-14/h3-4,7-8,11,13,15,19H,2,5-6,9-10,12H2,1H3. The smallest absolute Gasteiger partial charge is 0.243 e. The zero-order valence-electron chi connectivity index (χ0n) is 13.8. The van der Waals surface area contributed by atoms with Gasteiger partial charge < -0.3 is 0 Å². The number of aryl methyl sites for hydroxylation is 1. The summed E-state index contributed by atoms with van der Waals surface area (Å²) in [6.45, 7) is 5.22. The van der Waals surface area contributed by atoms with Crippen molar-refractivity contribution >= 4 is 10.0 Å². The third-order valence-electron chi connectivity index (χ3n) is 4.31. The number of hydrogen-bond donors (Lipinski definition) is 1. The van der Waals surface area contributed by atoms with Gasteiger partial charge in [0.25, 0.3) is 0 Å². The number of aromatic nitrogens is 3. The van der Waals surface area contributed by atoms with Crippen LogP contribution in [0.3, 0.4) is 0 Å². The Bertz CT molecular complexity index is 752. The molecular weight excluding hydrogens is 326 g/mol. The van der Waals surface area contributed by atoms with Crippen molar-refractivity contribution in [1.82, 2.24) is 24.4 Å². The highest BCUT2D eigenvalue weighted by atomic mass is 32.2. The van der Waals surface area contributed by atoms with Crippen LogP contribution in [0.15, 0.2) is 41.8 Å². The fraction of sp³-hybridized carbons (Fsp3) is 0.500. The molecule has 1 aliphatic heterocycles. The molecule has 1 saturated heterocycles. The maximum Gasteiger partial charge on any atom is 0.243 e. The Balaban J connectivity index is 1.53. The molecule has 0 aliphatic carbocycles. The lowest BCUT2D eigenvalue weighted by molar-refractivity contribution is 0.200. The second kappa shape index (κ2) is 7.42. The van der Waals surface area contributed by atoms with Crippen molar-refractivity contribution < 1.29 is 8.42 Å². The normalized spacial score (nSPS) is 17.2. The van der Waals surface area contributed by atoms with E-state index in [2.05, 4.69) is 19.7 Å². The molecule has 0 bridgehead atoms. The summed E-state index contributed by atoms with van der Waals surface area (Å²) < 4.78 is 29.3. The van der Waals surface area contributed by atoms with Gasteiger partial charge in [-0.15, -0.1) is 0 Å². The van der Waals surface area contributed by atoms with E-state index in [1.807, 2.05) is 19.1 Å². The summed E-state index contributed by atoms with van der Waals surface area (Å²) in [5.74, 6) is 0. The molecule has 0 radical (unpaired) electrons. The van der Waals surface area contributed by atoms with Gasteiger partial charge in [0.15, 0.2) is 0 Å². The first-order valence-corrected chi connectivity index (χ1v) is 9.71. The first kappa shape index (κ1) is 17.1. The second-order valence-corrected chi connectivity index (χ2v) is 7.77. The van der Waals surface area contributed by atoms with Gasteiger partial charge in [0.05, 0.1) is 6.20 Å². The van der Waals surface area contributed by atoms with Crippen LogP contribution in [0.5, 0.6) is 0 Å². The fourth-order valence-electron chi connectivity index (χ4n) is 2.90. The number of likely N-dealkylation sites (tertiary alicyclic amines) is 1. The molecule has 130 valence electrons. The molecule has 0 saturated carbocycles. The van der Waals surface area contributed by atoms with E-state index < -0.39 is 10.0 Å². The number of rotatable bonds is 6. The van der Waals surface area contributed by atoms with Gasteiger partial charge in [-0.2, -0.15) is 5.10 Å². The van der Waals surface area contributed by atoms with Gasteiger partial charge in [-0.05, 0) is 37.5 Å². The third-order valence-corrected chi connectivity index (χ3v) is 5.78. The summed E-state index contributed by atoms with van der Waals surface area (Å²) in [6.07, 6.45) is 8.20. The quantitative estimate of drug-likeness (QED) is 0.849. The molecule has 0 aromatic carbocycles. The van der Waals surface area contributed by atoms with E-state index in [0.717, 1.165) is 32.5 Å². The monoisotopic (exact) mass is 349 g/mol. The van der Waals surface area contributed by atoms with Crippen molar-refractivity contribution in [2.45, 2.75) is 43.8 Å². The topological polar surface area (TPSA) is 80.1 Å². The average Bonchev–Trinajstić information content (AvgIpc) is 3.08. The minimum atomic E-state index is -3.49. The van der Waals surface area contributed by atoms with E-state index in [1.165, 1.54) is 11.8 Å². The van der Waals surface area contributed by atoms with Crippen LogP contribution in [0, 0.1) is 0 Å². The van der Waals surface area contributed by atoms with E-state index in [4.69, 9.17) is 0 Å². The molecule has 1 aliphatic rings. The van der Waals surface area contributed by atoms with Gasteiger partial charge in [-0.3, -0.25) is 14.6 Å². The lowest BCUT2D eigenvalue weighted by Gasteiger charge is -2.32. The van der Waals surface area contributed by atoms with Crippen molar-refractivity contribution in [2.24, 2.45) is 0 Å². The molecule has 8 heteroatoms. The summed E-state index contributed by atoms with van der Waals surface area (Å²) >= 11 is 0. The lowest BCUT2D eigenvalue weighted by atomic mass is 10.1. The highest BCUT2D eigenvalue weighted by molar-refractivity contribution is 7.89. The maximum absolute atomic E-state index is 12.4. The number of nitrogens with one attached hydrogen (secondary N) is 1. The highest BCUT2D eigenvalue weighted by Crippen LogP contribution is 2.16. The van der Waals surface area contributed by atoms with Crippen molar-refractivity contribution in [3.8, 4) is 0 Å². The molecule has 3 heterocycles.